The first-order chi connectivity index (χ1) is 13.1. The van der Waals surface area contributed by atoms with Gasteiger partial charge in [0, 0.05) is 6.07 Å². The summed E-state index contributed by atoms with van der Waals surface area (Å²) in [5.74, 6) is 2.72. The maximum Gasteiger partial charge on any atom is 0.231 e. The van der Waals surface area contributed by atoms with Gasteiger partial charge in [0.2, 0.25) is 6.79 Å². The summed E-state index contributed by atoms with van der Waals surface area (Å²) in [6.07, 6.45) is 0. The summed E-state index contributed by atoms with van der Waals surface area (Å²) in [4.78, 5) is 8.18. The van der Waals surface area contributed by atoms with Crippen molar-refractivity contribution in [2.75, 3.05) is 13.9 Å². The van der Waals surface area contributed by atoms with E-state index in [9.17, 15) is 0 Å². The molecule has 4 aromatic rings. The zero-order valence-corrected chi connectivity index (χ0v) is 15.2. The predicted molar refractivity (Wildman–Crippen MR) is 101 cm³/mol. The fourth-order valence-electron chi connectivity index (χ4n) is 3.29. The van der Waals surface area contributed by atoms with Crippen LogP contribution in [-0.2, 0) is 0 Å². The number of aromatic nitrogens is 4. The molecule has 0 bridgehead atoms. The van der Waals surface area contributed by atoms with E-state index in [-0.39, 0.29) is 6.79 Å². The summed E-state index contributed by atoms with van der Waals surface area (Å²) in [6, 6.07) is 11.9. The van der Waals surface area contributed by atoms with Crippen LogP contribution in [0.1, 0.15) is 11.3 Å². The van der Waals surface area contributed by atoms with E-state index >= 15 is 0 Å². The fourth-order valence-corrected chi connectivity index (χ4v) is 3.29. The minimum Gasteiger partial charge on any atom is -0.496 e. The van der Waals surface area contributed by atoms with Gasteiger partial charge in [-0.2, -0.15) is 5.10 Å². The van der Waals surface area contributed by atoms with E-state index in [1.807, 2.05) is 35.9 Å². The van der Waals surface area contributed by atoms with Crippen LogP contribution in [0.3, 0.4) is 0 Å². The maximum atomic E-state index is 5.54. The highest BCUT2D eigenvalue weighted by atomic mass is 16.7. The van der Waals surface area contributed by atoms with Gasteiger partial charge in [-0.25, -0.2) is 9.67 Å². The molecule has 0 saturated heterocycles. The van der Waals surface area contributed by atoms with Gasteiger partial charge in [-0.05, 0) is 32.0 Å². The molecule has 1 aliphatic heterocycles. The van der Waals surface area contributed by atoms with Gasteiger partial charge in [0.25, 0.3) is 0 Å². The molecular formula is C20H18N4O3. The van der Waals surface area contributed by atoms with Gasteiger partial charge in [-0.3, -0.25) is 0 Å². The molecule has 7 nitrogen and oxygen atoms in total. The highest BCUT2D eigenvalue weighted by Crippen LogP contribution is 2.42. The van der Waals surface area contributed by atoms with Crippen molar-refractivity contribution in [2.45, 2.75) is 13.8 Å². The Bertz CT molecular complexity index is 1160. The van der Waals surface area contributed by atoms with Gasteiger partial charge in [0.1, 0.15) is 17.1 Å². The molecule has 0 amide bonds. The van der Waals surface area contributed by atoms with E-state index < -0.39 is 0 Å². The molecule has 0 unspecified atom stereocenters. The fraction of sp³-hybridized carbons (Fsp3) is 0.200. The number of nitrogens with one attached hydrogen (secondary N) is 1. The third-order valence-electron chi connectivity index (χ3n) is 4.73. The van der Waals surface area contributed by atoms with Gasteiger partial charge in [0.15, 0.2) is 17.1 Å². The Balaban J connectivity index is 1.68. The van der Waals surface area contributed by atoms with Crippen molar-refractivity contribution in [3.63, 3.8) is 0 Å². The van der Waals surface area contributed by atoms with E-state index in [0.717, 1.165) is 28.1 Å². The van der Waals surface area contributed by atoms with Gasteiger partial charge < -0.3 is 19.2 Å². The van der Waals surface area contributed by atoms with Gasteiger partial charge in [0.05, 0.1) is 24.1 Å². The first-order valence-corrected chi connectivity index (χ1v) is 8.64. The van der Waals surface area contributed by atoms with Crippen molar-refractivity contribution < 1.29 is 14.2 Å². The number of nitrogens with zero attached hydrogens (tertiary/aromatic N) is 3. The van der Waals surface area contributed by atoms with Crippen molar-refractivity contribution in [3.8, 4) is 34.3 Å². The zero-order chi connectivity index (χ0) is 18.5. The Morgan fingerprint density at radius 2 is 1.81 bits per heavy atom. The topological polar surface area (TPSA) is 74.2 Å². The number of ether oxygens (including phenoxy) is 3. The molecule has 2 aromatic heterocycles. The molecule has 1 aliphatic rings. The molecule has 27 heavy (non-hydrogen) atoms. The number of hydrogen-bond acceptors (Lipinski definition) is 5. The Labute approximate surface area is 155 Å². The van der Waals surface area contributed by atoms with Crippen LogP contribution >= 0.6 is 0 Å². The summed E-state index contributed by atoms with van der Waals surface area (Å²) in [5, 5.41) is 4.63. The number of fused-ring (bicyclic) bond motifs is 2. The number of aryl methyl sites for hydroxylation is 2. The lowest BCUT2D eigenvalue weighted by molar-refractivity contribution is 0.174. The highest BCUT2D eigenvalue weighted by molar-refractivity contribution is 5.82. The Kier molecular flexibility index (Phi) is 3.36. The average Bonchev–Trinajstić information content (AvgIpc) is 3.37. The molecular weight excluding hydrogens is 344 g/mol. The van der Waals surface area contributed by atoms with Crippen molar-refractivity contribution in [1.82, 2.24) is 19.7 Å². The summed E-state index contributed by atoms with van der Waals surface area (Å²) in [7, 11) is 1.63. The quantitative estimate of drug-likeness (QED) is 0.600. The number of H-pyrrole nitrogens is 1. The molecule has 2 aromatic carbocycles. The van der Waals surface area contributed by atoms with Crippen molar-refractivity contribution in [1.29, 1.82) is 0 Å². The van der Waals surface area contributed by atoms with Gasteiger partial charge >= 0.3 is 0 Å². The van der Waals surface area contributed by atoms with Gasteiger partial charge in [-0.1, -0.05) is 17.7 Å². The molecule has 0 spiro atoms. The van der Waals surface area contributed by atoms with Crippen LogP contribution in [0.4, 0.5) is 0 Å². The van der Waals surface area contributed by atoms with E-state index in [1.54, 1.807) is 7.11 Å². The lowest BCUT2D eigenvalue weighted by atomic mass is 10.1. The highest BCUT2D eigenvalue weighted by Gasteiger charge is 2.22. The van der Waals surface area contributed by atoms with E-state index in [2.05, 4.69) is 29.1 Å². The van der Waals surface area contributed by atoms with Crippen LogP contribution in [0.2, 0.25) is 0 Å². The van der Waals surface area contributed by atoms with Crippen LogP contribution in [-0.4, -0.2) is 33.7 Å². The molecule has 1 N–H and O–H groups in total. The lowest BCUT2D eigenvalue weighted by Gasteiger charge is -2.08. The predicted octanol–water partition coefficient (Wildman–Crippen LogP) is 3.77. The number of imidazole rings is 1. The second-order valence-corrected chi connectivity index (χ2v) is 6.52. The number of methoxy groups -OCH3 is 1. The summed E-state index contributed by atoms with van der Waals surface area (Å²) >= 11 is 0. The summed E-state index contributed by atoms with van der Waals surface area (Å²) in [6.45, 7) is 4.24. The van der Waals surface area contributed by atoms with Crippen molar-refractivity contribution in [2.24, 2.45) is 0 Å². The minimum absolute atomic E-state index is 0.212. The molecule has 136 valence electrons. The van der Waals surface area contributed by atoms with E-state index in [1.165, 1.54) is 5.56 Å². The number of rotatable bonds is 3. The molecule has 0 fully saturated rings. The summed E-state index contributed by atoms with van der Waals surface area (Å²) < 4.78 is 18.3. The first kappa shape index (κ1) is 15.7. The number of hydrogen-bond donors (Lipinski definition) is 1. The normalized spacial score (nSPS) is 12.7. The largest absolute Gasteiger partial charge is 0.496 e. The smallest absolute Gasteiger partial charge is 0.231 e. The lowest BCUT2D eigenvalue weighted by Crippen LogP contribution is -1.98. The summed E-state index contributed by atoms with van der Waals surface area (Å²) in [5.41, 5.74) is 5.52. The molecule has 7 heteroatoms. The molecule has 0 aliphatic carbocycles. The molecule has 0 radical (unpaired) electrons. The minimum atomic E-state index is 0.212. The van der Waals surface area contributed by atoms with Crippen LogP contribution in [0.15, 0.2) is 36.4 Å². The number of benzene rings is 2. The molecule has 5 rings (SSSR count). The zero-order valence-electron chi connectivity index (χ0n) is 15.2. The van der Waals surface area contributed by atoms with Gasteiger partial charge in [-0.15, -0.1) is 0 Å². The Morgan fingerprint density at radius 1 is 1.07 bits per heavy atom. The monoisotopic (exact) mass is 362 g/mol. The van der Waals surface area contributed by atoms with Crippen molar-refractivity contribution in [3.05, 3.63) is 47.7 Å². The Hall–Kier alpha value is -3.48. The van der Waals surface area contributed by atoms with Crippen LogP contribution in [0, 0.1) is 13.8 Å². The third kappa shape index (κ3) is 2.43. The maximum absolute atomic E-state index is 5.54. The Morgan fingerprint density at radius 3 is 2.56 bits per heavy atom. The molecule has 0 atom stereocenters. The molecule has 3 heterocycles. The molecule has 0 saturated carbocycles. The van der Waals surface area contributed by atoms with E-state index in [4.69, 9.17) is 19.2 Å². The third-order valence-corrected chi connectivity index (χ3v) is 4.73. The SMILES string of the molecule is COc1cc2c(cc1-c1nc3c([nH]1)c(C)nn3-c1ccc(C)cc1)OCO2. The average molecular weight is 362 g/mol. The van der Waals surface area contributed by atoms with Crippen LogP contribution in [0.5, 0.6) is 17.2 Å². The number of aromatic amines is 1. The van der Waals surface area contributed by atoms with Crippen LogP contribution < -0.4 is 14.2 Å². The first-order valence-electron chi connectivity index (χ1n) is 8.64. The van der Waals surface area contributed by atoms with E-state index in [0.29, 0.717) is 23.1 Å². The van der Waals surface area contributed by atoms with Crippen molar-refractivity contribution >= 4 is 11.2 Å². The van der Waals surface area contributed by atoms with Crippen LogP contribution in [0.25, 0.3) is 28.2 Å². The standard InChI is InChI=1S/C20H18N4O3/c1-11-4-6-13(7-5-11)24-20-18(12(2)23-24)21-19(22-20)14-8-16-17(27-10-26-16)9-15(14)25-3/h4-9H,10H2,1-3H3,(H,21,22). The second kappa shape index (κ2) is 5.77. The second-order valence-electron chi connectivity index (χ2n) is 6.52.